The number of aromatic nitrogens is 2. The Hall–Kier alpha value is -2.93. The van der Waals surface area contributed by atoms with Gasteiger partial charge in [0.25, 0.3) is 11.6 Å². The average molecular weight is 371 g/mol. The number of imidazole rings is 1. The van der Waals surface area contributed by atoms with Crippen molar-refractivity contribution in [2.75, 3.05) is 0 Å². The van der Waals surface area contributed by atoms with Gasteiger partial charge in [-0.25, -0.2) is 4.98 Å². The predicted molar refractivity (Wildman–Crippen MR) is 96.2 cm³/mol. The van der Waals surface area contributed by atoms with Crippen molar-refractivity contribution >= 4 is 28.8 Å². The van der Waals surface area contributed by atoms with E-state index in [0.29, 0.717) is 6.54 Å². The number of nitrogens with zero attached hydrogens (tertiary/aromatic N) is 4. The van der Waals surface area contributed by atoms with Crippen LogP contribution in [0.5, 0.6) is 0 Å². The van der Waals surface area contributed by atoms with E-state index >= 15 is 0 Å². The van der Waals surface area contributed by atoms with Crippen molar-refractivity contribution in [2.24, 2.45) is 0 Å². The zero-order valence-electron chi connectivity index (χ0n) is 13.7. The summed E-state index contributed by atoms with van der Waals surface area (Å²) >= 11 is 6.15. The van der Waals surface area contributed by atoms with Crippen LogP contribution in [0.3, 0.4) is 0 Å². The molecule has 1 aliphatic carbocycles. The van der Waals surface area contributed by atoms with Gasteiger partial charge in [-0.15, -0.1) is 0 Å². The Bertz CT molecular complexity index is 1010. The second-order valence-electron chi connectivity index (χ2n) is 6.26. The van der Waals surface area contributed by atoms with Crippen LogP contribution >= 0.6 is 11.6 Å². The first kappa shape index (κ1) is 16.5. The lowest BCUT2D eigenvalue weighted by atomic mass is 10.1. The lowest BCUT2D eigenvalue weighted by molar-refractivity contribution is -0.384. The smallest absolute Gasteiger partial charge is 0.270 e. The standard InChI is InChI=1S/C18H15ClN4O3/c19-16-7-6-13(23(25)26)9-15(16)18(24)22(12-4-5-12)11-14-10-20-17-3-1-2-8-21(14)17/h1-3,6-10,12H,4-5,11H2. The maximum Gasteiger partial charge on any atom is 0.270 e. The quantitative estimate of drug-likeness (QED) is 0.506. The van der Waals surface area contributed by atoms with Crippen molar-refractivity contribution in [1.29, 1.82) is 0 Å². The van der Waals surface area contributed by atoms with E-state index in [1.165, 1.54) is 18.2 Å². The Morgan fingerprint density at radius 2 is 2.15 bits per heavy atom. The zero-order valence-corrected chi connectivity index (χ0v) is 14.5. The van der Waals surface area contributed by atoms with Crippen LogP contribution in [0.15, 0.2) is 48.8 Å². The first-order chi connectivity index (χ1) is 12.5. The highest BCUT2D eigenvalue weighted by molar-refractivity contribution is 6.34. The maximum absolute atomic E-state index is 13.1. The lowest BCUT2D eigenvalue weighted by Crippen LogP contribution is -2.33. The van der Waals surface area contributed by atoms with E-state index < -0.39 is 4.92 Å². The molecular weight excluding hydrogens is 356 g/mol. The Balaban J connectivity index is 1.68. The molecule has 3 aromatic rings. The Labute approximate surface area is 154 Å². The molecule has 7 nitrogen and oxygen atoms in total. The summed E-state index contributed by atoms with van der Waals surface area (Å²) in [5.74, 6) is -0.299. The van der Waals surface area contributed by atoms with Gasteiger partial charge in [-0.05, 0) is 31.0 Å². The summed E-state index contributed by atoms with van der Waals surface area (Å²) in [7, 11) is 0. The molecule has 2 aromatic heterocycles. The number of nitro benzene ring substituents is 1. The Morgan fingerprint density at radius 1 is 1.35 bits per heavy atom. The summed E-state index contributed by atoms with van der Waals surface area (Å²) < 4.78 is 1.93. The molecule has 0 saturated heterocycles. The van der Waals surface area contributed by atoms with Gasteiger partial charge in [0.05, 0.1) is 33.9 Å². The van der Waals surface area contributed by atoms with E-state index in [-0.39, 0.29) is 28.2 Å². The minimum absolute atomic E-state index is 0.118. The highest BCUT2D eigenvalue weighted by Crippen LogP contribution is 2.32. The van der Waals surface area contributed by atoms with Crippen LogP contribution in [0, 0.1) is 10.1 Å². The molecular formula is C18H15ClN4O3. The third kappa shape index (κ3) is 3.01. The molecule has 1 aromatic carbocycles. The number of carbonyl (C=O) groups excluding carboxylic acids is 1. The van der Waals surface area contributed by atoms with Gasteiger partial charge in [0.1, 0.15) is 5.65 Å². The molecule has 1 aliphatic rings. The van der Waals surface area contributed by atoms with Gasteiger partial charge in [0.2, 0.25) is 0 Å². The fourth-order valence-electron chi connectivity index (χ4n) is 2.97. The third-order valence-corrected chi connectivity index (χ3v) is 4.80. The molecule has 8 heteroatoms. The topological polar surface area (TPSA) is 80.8 Å². The molecule has 4 rings (SSSR count). The second-order valence-corrected chi connectivity index (χ2v) is 6.67. The van der Waals surface area contributed by atoms with Gasteiger partial charge in [0, 0.05) is 24.4 Å². The van der Waals surface area contributed by atoms with E-state index in [1.807, 2.05) is 28.8 Å². The molecule has 26 heavy (non-hydrogen) atoms. The minimum Gasteiger partial charge on any atom is -0.330 e. The number of hydrogen-bond acceptors (Lipinski definition) is 4. The predicted octanol–water partition coefficient (Wildman–Crippen LogP) is 3.70. The summed E-state index contributed by atoms with van der Waals surface area (Å²) in [6.45, 7) is 0.369. The fraction of sp³-hybridized carbons (Fsp3) is 0.222. The number of non-ortho nitro benzene ring substituents is 1. The van der Waals surface area contributed by atoms with E-state index in [9.17, 15) is 14.9 Å². The molecule has 1 saturated carbocycles. The Morgan fingerprint density at radius 3 is 2.88 bits per heavy atom. The number of halogens is 1. The van der Waals surface area contributed by atoms with E-state index in [4.69, 9.17) is 11.6 Å². The van der Waals surface area contributed by atoms with Gasteiger partial charge in [0.15, 0.2) is 0 Å². The average Bonchev–Trinajstić information content (AvgIpc) is 3.40. The molecule has 0 bridgehead atoms. The molecule has 132 valence electrons. The van der Waals surface area contributed by atoms with Crippen molar-refractivity contribution in [3.05, 3.63) is 75.2 Å². The number of hydrogen-bond donors (Lipinski definition) is 0. The number of pyridine rings is 1. The van der Waals surface area contributed by atoms with Crippen LogP contribution in [0.4, 0.5) is 5.69 Å². The van der Waals surface area contributed by atoms with Gasteiger partial charge in [-0.1, -0.05) is 17.7 Å². The van der Waals surface area contributed by atoms with Crippen molar-refractivity contribution in [3.63, 3.8) is 0 Å². The summed E-state index contributed by atoms with van der Waals surface area (Å²) in [5, 5.41) is 11.2. The van der Waals surface area contributed by atoms with Crippen molar-refractivity contribution in [1.82, 2.24) is 14.3 Å². The van der Waals surface area contributed by atoms with E-state index in [1.54, 1.807) is 11.1 Å². The minimum atomic E-state index is -0.529. The first-order valence-corrected chi connectivity index (χ1v) is 8.58. The monoisotopic (exact) mass is 370 g/mol. The lowest BCUT2D eigenvalue weighted by Gasteiger charge is -2.22. The largest absolute Gasteiger partial charge is 0.330 e. The van der Waals surface area contributed by atoms with Crippen molar-refractivity contribution in [2.45, 2.75) is 25.4 Å². The molecule has 0 atom stereocenters. The SMILES string of the molecule is O=C(c1cc([N+](=O)[O-])ccc1Cl)N(Cc1cnc2ccccn12)C1CC1. The van der Waals surface area contributed by atoms with E-state index in [2.05, 4.69) is 4.98 Å². The molecule has 0 unspecified atom stereocenters. The zero-order chi connectivity index (χ0) is 18.3. The summed E-state index contributed by atoms with van der Waals surface area (Å²) in [6, 6.07) is 9.75. The molecule has 0 radical (unpaired) electrons. The second kappa shape index (κ2) is 6.42. The van der Waals surface area contributed by atoms with Gasteiger partial charge in [-0.3, -0.25) is 14.9 Å². The summed E-state index contributed by atoms with van der Waals surface area (Å²) in [6.07, 6.45) is 5.46. The van der Waals surface area contributed by atoms with E-state index in [0.717, 1.165) is 24.2 Å². The van der Waals surface area contributed by atoms with Gasteiger partial charge < -0.3 is 9.30 Å². The van der Waals surface area contributed by atoms with Crippen LogP contribution in [0.25, 0.3) is 5.65 Å². The molecule has 1 fully saturated rings. The normalized spacial score (nSPS) is 13.7. The van der Waals surface area contributed by atoms with Gasteiger partial charge in [-0.2, -0.15) is 0 Å². The van der Waals surface area contributed by atoms with Crippen LogP contribution in [0.1, 0.15) is 28.9 Å². The van der Waals surface area contributed by atoms with Crippen LogP contribution in [0.2, 0.25) is 5.02 Å². The number of nitro groups is 1. The number of amides is 1. The first-order valence-electron chi connectivity index (χ1n) is 8.20. The number of carbonyl (C=O) groups is 1. The molecule has 0 spiro atoms. The van der Waals surface area contributed by atoms with Crippen LogP contribution in [-0.4, -0.2) is 31.2 Å². The third-order valence-electron chi connectivity index (χ3n) is 4.47. The summed E-state index contributed by atoms with van der Waals surface area (Å²) in [4.78, 5) is 29.6. The van der Waals surface area contributed by atoms with Crippen LogP contribution < -0.4 is 0 Å². The summed E-state index contributed by atoms with van der Waals surface area (Å²) in [5.41, 5.74) is 1.69. The number of benzene rings is 1. The number of rotatable bonds is 5. The fourth-order valence-corrected chi connectivity index (χ4v) is 3.17. The van der Waals surface area contributed by atoms with Crippen molar-refractivity contribution < 1.29 is 9.72 Å². The highest BCUT2D eigenvalue weighted by atomic mass is 35.5. The Kier molecular flexibility index (Phi) is 4.08. The maximum atomic E-state index is 13.1. The van der Waals surface area contributed by atoms with Gasteiger partial charge >= 0.3 is 0 Å². The van der Waals surface area contributed by atoms with Crippen LogP contribution in [-0.2, 0) is 6.54 Å². The molecule has 1 amide bonds. The molecule has 0 aliphatic heterocycles. The highest BCUT2D eigenvalue weighted by Gasteiger charge is 2.34. The molecule has 2 heterocycles. The number of fused-ring (bicyclic) bond motifs is 1. The molecule has 0 N–H and O–H groups in total. The van der Waals surface area contributed by atoms with Crippen molar-refractivity contribution in [3.8, 4) is 0 Å².